The van der Waals surface area contributed by atoms with Crippen molar-refractivity contribution in [3.05, 3.63) is 0 Å². The van der Waals surface area contributed by atoms with Gasteiger partial charge < -0.3 is 5.11 Å². The molecule has 0 saturated heterocycles. The smallest absolute Gasteiger partial charge is 0.850 e. The van der Waals surface area contributed by atoms with E-state index in [9.17, 15) is 5.11 Å². The number of rotatable bonds is 0. The molecular formula is C6H11KO. The fourth-order valence-corrected chi connectivity index (χ4v) is 1.12. The second-order valence-electron chi connectivity index (χ2n) is 2.66. The molecule has 0 aliphatic heterocycles. The van der Waals surface area contributed by atoms with E-state index in [-0.39, 0.29) is 51.4 Å². The van der Waals surface area contributed by atoms with Crippen LogP contribution in [0.25, 0.3) is 0 Å². The van der Waals surface area contributed by atoms with Crippen LogP contribution in [0.4, 0.5) is 0 Å². The van der Waals surface area contributed by atoms with Crippen molar-refractivity contribution in [3.8, 4) is 0 Å². The van der Waals surface area contributed by atoms with Gasteiger partial charge in [-0.2, -0.15) is 0 Å². The SMILES string of the molecule is CC1([O-])CCCC1.[K+]. The number of hydrogen-bond donors (Lipinski definition) is 0. The molecule has 1 fully saturated rings. The Morgan fingerprint density at radius 3 is 1.75 bits per heavy atom. The van der Waals surface area contributed by atoms with E-state index < -0.39 is 5.60 Å². The monoisotopic (exact) mass is 138 g/mol. The van der Waals surface area contributed by atoms with Crippen LogP contribution in [0.3, 0.4) is 0 Å². The van der Waals surface area contributed by atoms with Gasteiger partial charge in [-0.3, -0.25) is 0 Å². The predicted molar refractivity (Wildman–Crippen MR) is 26.9 cm³/mol. The van der Waals surface area contributed by atoms with Crippen LogP contribution in [0.15, 0.2) is 0 Å². The molecule has 0 aromatic carbocycles. The summed E-state index contributed by atoms with van der Waals surface area (Å²) in [4.78, 5) is 0. The third-order valence-corrected chi connectivity index (χ3v) is 1.66. The van der Waals surface area contributed by atoms with Crippen molar-refractivity contribution in [2.45, 2.75) is 38.2 Å². The van der Waals surface area contributed by atoms with Gasteiger partial charge >= 0.3 is 51.4 Å². The Morgan fingerprint density at radius 2 is 1.62 bits per heavy atom. The Hall–Kier alpha value is 1.60. The van der Waals surface area contributed by atoms with Crippen LogP contribution in [0.1, 0.15) is 32.6 Å². The van der Waals surface area contributed by atoms with Gasteiger partial charge in [0.25, 0.3) is 0 Å². The van der Waals surface area contributed by atoms with Crippen LogP contribution in [0, 0.1) is 0 Å². The van der Waals surface area contributed by atoms with E-state index in [1.807, 2.05) is 0 Å². The van der Waals surface area contributed by atoms with E-state index in [1.165, 1.54) is 0 Å². The minimum atomic E-state index is -0.556. The fourth-order valence-electron chi connectivity index (χ4n) is 1.12. The van der Waals surface area contributed by atoms with Gasteiger partial charge in [0, 0.05) is 0 Å². The Morgan fingerprint density at radius 1 is 1.25 bits per heavy atom. The molecule has 0 atom stereocenters. The molecule has 0 amide bonds. The third kappa shape index (κ3) is 2.94. The standard InChI is InChI=1S/C6H11O.K/c1-6(7)4-2-3-5-6;/h2-5H2,1H3;/q-1;+1. The molecular weight excluding hydrogens is 127 g/mol. The molecule has 1 rings (SSSR count). The summed E-state index contributed by atoms with van der Waals surface area (Å²) in [6.07, 6.45) is 4.10. The zero-order valence-electron chi connectivity index (χ0n) is 5.74. The first-order valence-electron chi connectivity index (χ1n) is 2.91. The summed E-state index contributed by atoms with van der Waals surface area (Å²) in [5.74, 6) is 0. The van der Waals surface area contributed by atoms with Crippen molar-refractivity contribution < 1.29 is 56.5 Å². The fraction of sp³-hybridized carbons (Fsp3) is 1.00. The first-order chi connectivity index (χ1) is 3.21. The minimum Gasteiger partial charge on any atom is -0.850 e. The second-order valence-corrected chi connectivity index (χ2v) is 2.66. The van der Waals surface area contributed by atoms with Gasteiger partial charge in [-0.25, -0.2) is 0 Å². The Kier molecular flexibility index (Phi) is 4.42. The molecule has 42 valence electrons. The van der Waals surface area contributed by atoms with Gasteiger partial charge in [0.1, 0.15) is 0 Å². The van der Waals surface area contributed by atoms with Crippen molar-refractivity contribution in [2.24, 2.45) is 0 Å². The summed E-state index contributed by atoms with van der Waals surface area (Å²) < 4.78 is 0. The van der Waals surface area contributed by atoms with E-state index in [0.29, 0.717) is 0 Å². The van der Waals surface area contributed by atoms with Crippen molar-refractivity contribution in [1.29, 1.82) is 0 Å². The second kappa shape index (κ2) is 3.69. The average molecular weight is 138 g/mol. The Bertz CT molecular complexity index is 62.9. The molecule has 0 aromatic heterocycles. The normalized spacial score (nSPS) is 24.8. The van der Waals surface area contributed by atoms with E-state index in [1.54, 1.807) is 6.92 Å². The van der Waals surface area contributed by atoms with Gasteiger partial charge in [0.2, 0.25) is 0 Å². The topological polar surface area (TPSA) is 23.1 Å². The molecule has 0 unspecified atom stereocenters. The van der Waals surface area contributed by atoms with Crippen LogP contribution in [-0.4, -0.2) is 5.60 Å². The van der Waals surface area contributed by atoms with Crippen LogP contribution < -0.4 is 56.5 Å². The van der Waals surface area contributed by atoms with Crippen LogP contribution in [-0.2, 0) is 0 Å². The summed E-state index contributed by atoms with van der Waals surface area (Å²) in [6, 6.07) is 0. The van der Waals surface area contributed by atoms with Gasteiger partial charge in [0.15, 0.2) is 0 Å². The zero-order valence-corrected chi connectivity index (χ0v) is 8.86. The maximum Gasteiger partial charge on any atom is 1.00 e. The van der Waals surface area contributed by atoms with Gasteiger partial charge in [-0.05, 0) is 0 Å². The molecule has 0 heterocycles. The molecule has 1 aliphatic carbocycles. The molecule has 1 nitrogen and oxygen atoms in total. The van der Waals surface area contributed by atoms with Crippen molar-refractivity contribution in [3.63, 3.8) is 0 Å². The summed E-state index contributed by atoms with van der Waals surface area (Å²) in [7, 11) is 0. The van der Waals surface area contributed by atoms with Crippen molar-refractivity contribution >= 4 is 0 Å². The molecule has 1 aliphatic rings. The Balaban J connectivity index is 0.000000490. The average Bonchev–Trinajstić information content (AvgIpc) is 1.84. The maximum atomic E-state index is 10.9. The van der Waals surface area contributed by atoms with E-state index >= 15 is 0 Å². The quantitative estimate of drug-likeness (QED) is 0.345. The predicted octanol–water partition coefficient (Wildman–Crippen LogP) is -2.32. The third-order valence-electron chi connectivity index (χ3n) is 1.66. The summed E-state index contributed by atoms with van der Waals surface area (Å²) in [6.45, 7) is 1.81. The van der Waals surface area contributed by atoms with Gasteiger partial charge in [-0.15, -0.1) is 5.60 Å². The van der Waals surface area contributed by atoms with Crippen molar-refractivity contribution in [1.82, 2.24) is 0 Å². The maximum absolute atomic E-state index is 10.9. The summed E-state index contributed by atoms with van der Waals surface area (Å²) in [5, 5.41) is 10.9. The number of hydrogen-bond acceptors (Lipinski definition) is 1. The van der Waals surface area contributed by atoms with E-state index in [0.717, 1.165) is 25.7 Å². The van der Waals surface area contributed by atoms with Crippen LogP contribution in [0.5, 0.6) is 0 Å². The molecule has 0 spiro atoms. The first kappa shape index (κ1) is 9.60. The van der Waals surface area contributed by atoms with E-state index in [2.05, 4.69) is 0 Å². The Labute approximate surface area is 93.3 Å². The molecule has 0 aromatic rings. The zero-order chi connectivity index (χ0) is 5.33. The minimum absolute atomic E-state index is 0. The molecule has 8 heavy (non-hydrogen) atoms. The van der Waals surface area contributed by atoms with E-state index in [4.69, 9.17) is 0 Å². The van der Waals surface area contributed by atoms with Crippen LogP contribution in [0.2, 0.25) is 0 Å². The first-order valence-corrected chi connectivity index (χ1v) is 2.91. The van der Waals surface area contributed by atoms with Crippen LogP contribution >= 0.6 is 0 Å². The van der Waals surface area contributed by atoms with Gasteiger partial charge in [0.05, 0.1) is 0 Å². The van der Waals surface area contributed by atoms with Crippen molar-refractivity contribution in [2.75, 3.05) is 0 Å². The summed E-state index contributed by atoms with van der Waals surface area (Å²) in [5.41, 5.74) is -0.556. The summed E-state index contributed by atoms with van der Waals surface area (Å²) >= 11 is 0. The molecule has 2 heteroatoms. The molecule has 0 N–H and O–H groups in total. The van der Waals surface area contributed by atoms with Gasteiger partial charge in [-0.1, -0.05) is 32.6 Å². The molecule has 0 radical (unpaired) electrons. The molecule has 0 bridgehead atoms. The molecule has 1 saturated carbocycles. The largest absolute Gasteiger partial charge is 1.00 e.